The quantitative estimate of drug-likeness (QED) is 0.667. The number of benzene rings is 3. The lowest BCUT2D eigenvalue weighted by Gasteiger charge is -2.16. The second-order valence-corrected chi connectivity index (χ2v) is 5.41. The maximum Gasteiger partial charge on any atom is 0.340 e. The Bertz CT molecular complexity index is 947. The monoisotopic (exact) mass is 334 g/mol. The first kappa shape index (κ1) is 16.3. The molecule has 0 amide bonds. The summed E-state index contributed by atoms with van der Waals surface area (Å²) in [5.74, 6) is -3.54. The molecule has 0 fully saturated rings. The zero-order valence-electron chi connectivity index (χ0n) is 13.0. The molecule has 0 bridgehead atoms. The maximum atomic E-state index is 11.8. The van der Waals surface area contributed by atoms with E-state index in [9.17, 15) is 24.9 Å². The van der Waals surface area contributed by atoms with Crippen molar-refractivity contribution in [2.45, 2.75) is 0 Å². The number of carboxylic acid groups (broad SMARTS) is 2. The molecule has 0 saturated carbocycles. The summed E-state index contributed by atoms with van der Waals surface area (Å²) < 4.78 is 0. The fourth-order valence-electron chi connectivity index (χ4n) is 2.79. The molecule has 5 nitrogen and oxygen atoms in total. The molecule has 5 heteroatoms. The highest BCUT2D eigenvalue weighted by Gasteiger charge is 2.26. The normalized spacial score (nSPS) is 10.4. The zero-order chi connectivity index (χ0) is 18.0. The molecule has 0 unspecified atom stereocenters. The second-order valence-electron chi connectivity index (χ2n) is 5.41. The number of carbonyl (C=O) groups is 2. The van der Waals surface area contributed by atoms with Crippen LogP contribution in [0, 0.1) is 0 Å². The first-order chi connectivity index (χ1) is 12.0. The topological polar surface area (TPSA) is 94.8 Å². The third-order valence-corrected chi connectivity index (χ3v) is 3.89. The summed E-state index contributed by atoms with van der Waals surface area (Å²) in [6, 6.07) is 18.9. The summed E-state index contributed by atoms with van der Waals surface area (Å²) in [4.78, 5) is 23.3. The lowest BCUT2D eigenvalue weighted by atomic mass is 9.87. The summed E-state index contributed by atoms with van der Waals surface area (Å²) in [6.07, 6.45) is 0. The van der Waals surface area contributed by atoms with Crippen molar-refractivity contribution in [3.63, 3.8) is 0 Å². The molecular weight excluding hydrogens is 320 g/mol. The number of aromatic hydroxyl groups is 1. The predicted molar refractivity (Wildman–Crippen MR) is 92.9 cm³/mol. The van der Waals surface area contributed by atoms with Crippen LogP contribution in [0.3, 0.4) is 0 Å². The molecule has 0 aliphatic carbocycles. The number of rotatable bonds is 4. The van der Waals surface area contributed by atoms with E-state index in [-0.39, 0.29) is 5.56 Å². The Morgan fingerprint density at radius 1 is 0.720 bits per heavy atom. The van der Waals surface area contributed by atoms with Gasteiger partial charge in [-0.3, -0.25) is 0 Å². The Morgan fingerprint density at radius 2 is 1.24 bits per heavy atom. The van der Waals surface area contributed by atoms with Gasteiger partial charge in [0.2, 0.25) is 0 Å². The van der Waals surface area contributed by atoms with Gasteiger partial charge in [0.15, 0.2) is 0 Å². The van der Waals surface area contributed by atoms with Gasteiger partial charge in [0.05, 0.1) is 0 Å². The van der Waals surface area contributed by atoms with E-state index in [1.807, 2.05) is 6.07 Å². The molecule has 25 heavy (non-hydrogen) atoms. The maximum absolute atomic E-state index is 11.8. The minimum absolute atomic E-state index is 0.279. The van der Waals surface area contributed by atoms with Crippen molar-refractivity contribution in [1.82, 2.24) is 0 Å². The van der Waals surface area contributed by atoms with Crippen molar-refractivity contribution in [3.8, 4) is 28.0 Å². The van der Waals surface area contributed by atoms with Crippen LogP contribution < -0.4 is 0 Å². The number of phenols is 1. The molecular formula is C20H14O5. The number of hydrogen-bond acceptors (Lipinski definition) is 3. The van der Waals surface area contributed by atoms with E-state index in [0.717, 1.165) is 0 Å². The van der Waals surface area contributed by atoms with Crippen LogP contribution in [0.2, 0.25) is 0 Å². The van der Waals surface area contributed by atoms with Crippen LogP contribution in [0.4, 0.5) is 0 Å². The minimum Gasteiger partial charge on any atom is -0.506 e. The smallest absolute Gasteiger partial charge is 0.340 e. The molecule has 0 spiro atoms. The molecule has 3 aromatic carbocycles. The van der Waals surface area contributed by atoms with E-state index in [0.29, 0.717) is 16.7 Å². The van der Waals surface area contributed by atoms with E-state index in [4.69, 9.17) is 0 Å². The van der Waals surface area contributed by atoms with Crippen LogP contribution in [0.15, 0.2) is 66.7 Å². The fraction of sp³-hybridized carbons (Fsp3) is 0. The molecule has 0 aromatic heterocycles. The first-order valence-corrected chi connectivity index (χ1v) is 7.48. The van der Waals surface area contributed by atoms with Crippen molar-refractivity contribution in [2.24, 2.45) is 0 Å². The summed E-state index contributed by atoms with van der Waals surface area (Å²) >= 11 is 0. The lowest BCUT2D eigenvalue weighted by Crippen LogP contribution is -2.07. The summed E-state index contributed by atoms with van der Waals surface area (Å²) in [6.45, 7) is 0. The van der Waals surface area contributed by atoms with Gasteiger partial charge in [-0.1, -0.05) is 60.7 Å². The van der Waals surface area contributed by atoms with Gasteiger partial charge in [-0.05, 0) is 22.8 Å². The van der Waals surface area contributed by atoms with Gasteiger partial charge < -0.3 is 15.3 Å². The summed E-state index contributed by atoms with van der Waals surface area (Å²) in [5, 5.41) is 29.3. The van der Waals surface area contributed by atoms with E-state index in [1.165, 1.54) is 6.07 Å². The van der Waals surface area contributed by atoms with Crippen molar-refractivity contribution in [2.75, 3.05) is 0 Å². The highest BCUT2D eigenvalue weighted by molar-refractivity contribution is 6.08. The third-order valence-electron chi connectivity index (χ3n) is 3.89. The van der Waals surface area contributed by atoms with Gasteiger partial charge in [0, 0.05) is 5.56 Å². The van der Waals surface area contributed by atoms with Crippen molar-refractivity contribution < 1.29 is 24.9 Å². The van der Waals surface area contributed by atoms with Crippen LogP contribution in [0.5, 0.6) is 5.75 Å². The molecule has 0 atom stereocenters. The Kier molecular flexibility index (Phi) is 4.22. The van der Waals surface area contributed by atoms with Gasteiger partial charge in [0.25, 0.3) is 0 Å². The van der Waals surface area contributed by atoms with Crippen LogP contribution in [-0.4, -0.2) is 27.3 Å². The Labute approximate surface area is 143 Å². The van der Waals surface area contributed by atoms with Crippen molar-refractivity contribution >= 4 is 11.9 Å². The Hall–Kier alpha value is -3.60. The molecule has 3 N–H and O–H groups in total. The van der Waals surface area contributed by atoms with Gasteiger partial charge in [0.1, 0.15) is 16.9 Å². The molecule has 3 aromatic rings. The van der Waals surface area contributed by atoms with Crippen molar-refractivity contribution in [1.29, 1.82) is 0 Å². The largest absolute Gasteiger partial charge is 0.506 e. The summed E-state index contributed by atoms with van der Waals surface area (Å²) in [7, 11) is 0. The van der Waals surface area contributed by atoms with E-state index in [1.54, 1.807) is 54.6 Å². The van der Waals surface area contributed by atoms with Crippen LogP contribution >= 0.6 is 0 Å². The molecule has 0 heterocycles. The number of carboxylic acids is 2. The zero-order valence-corrected chi connectivity index (χ0v) is 13.0. The summed E-state index contributed by atoms with van der Waals surface area (Å²) in [5.41, 5.74) is 1.07. The average Bonchev–Trinajstić information content (AvgIpc) is 2.62. The Balaban J connectivity index is 2.47. The first-order valence-electron chi connectivity index (χ1n) is 7.48. The Morgan fingerprint density at radius 3 is 1.72 bits per heavy atom. The number of hydrogen-bond donors (Lipinski definition) is 3. The SMILES string of the molecule is O=C(O)c1cc(-c2ccccc2)c(-c2ccccc2)c(C(=O)O)c1O. The molecule has 124 valence electrons. The van der Waals surface area contributed by atoms with Crippen LogP contribution in [-0.2, 0) is 0 Å². The van der Waals surface area contributed by atoms with E-state index < -0.39 is 28.8 Å². The molecule has 0 aliphatic rings. The van der Waals surface area contributed by atoms with E-state index >= 15 is 0 Å². The van der Waals surface area contributed by atoms with Gasteiger partial charge >= 0.3 is 11.9 Å². The standard InChI is InChI=1S/C20H14O5/c21-18-15(19(22)23)11-14(12-7-3-1-4-8-12)16(17(18)20(24)25)13-9-5-2-6-10-13/h1-11,21H,(H,22,23)(H,24,25). The average molecular weight is 334 g/mol. The second kappa shape index (κ2) is 6.49. The molecule has 3 rings (SSSR count). The van der Waals surface area contributed by atoms with E-state index in [2.05, 4.69) is 0 Å². The van der Waals surface area contributed by atoms with Gasteiger partial charge in [-0.2, -0.15) is 0 Å². The van der Waals surface area contributed by atoms with Crippen molar-refractivity contribution in [3.05, 3.63) is 77.9 Å². The number of aromatic carboxylic acids is 2. The predicted octanol–water partition coefficient (Wildman–Crippen LogP) is 4.12. The molecule has 0 saturated heterocycles. The van der Waals surface area contributed by atoms with Gasteiger partial charge in [-0.15, -0.1) is 0 Å². The minimum atomic E-state index is -1.39. The van der Waals surface area contributed by atoms with Crippen LogP contribution in [0.25, 0.3) is 22.3 Å². The lowest BCUT2D eigenvalue weighted by molar-refractivity contribution is 0.0692. The molecule has 0 radical (unpaired) electrons. The highest BCUT2D eigenvalue weighted by atomic mass is 16.4. The third kappa shape index (κ3) is 2.95. The highest BCUT2D eigenvalue weighted by Crippen LogP contribution is 2.41. The van der Waals surface area contributed by atoms with Crippen LogP contribution in [0.1, 0.15) is 20.7 Å². The molecule has 0 aliphatic heterocycles. The fourth-order valence-corrected chi connectivity index (χ4v) is 2.79. The van der Waals surface area contributed by atoms with Gasteiger partial charge in [-0.25, -0.2) is 9.59 Å².